The zero-order valence-electron chi connectivity index (χ0n) is 16.7. The van der Waals surface area contributed by atoms with Crippen molar-refractivity contribution in [3.8, 4) is 6.07 Å². The first-order valence-electron chi connectivity index (χ1n) is 10.7. The number of aliphatic hydroxyl groups is 1. The van der Waals surface area contributed by atoms with Gasteiger partial charge < -0.3 is 10.0 Å². The van der Waals surface area contributed by atoms with Gasteiger partial charge in [-0.15, -0.1) is 0 Å². The van der Waals surface area contributed by atoms with E-state index in [9.17, 15) is 15.2 Å². The van der Waals surface area contributed by atoms with E-state index in [2.05, 4.69) is 13.0 Å². The molecule has 6 rings (SSSR count). The lowest BCUT2D eigenvalue weighted by Gasteiger charge is -2.61. The van der Waals surface area contributed by atoms with Gasteiger partial charge in [-0.2, -0.15) is 5.26 Å². The summed E-state index contributed by atoms with van der Waals surface area (Å²) in [4.78, 5) is 20.6. The van der Waals surface area contributed by atoms with Crippen LogP contribution in [0.4, 0.5) is 0 Å². The van der Waals surface area contributed by atoms with E-state index in [0.717, 1.165) is 37.8 Å². The third kappa shape index (κ3) is 2.52. The van der Waals surface area contributed by atoms with Crippen molar-refractivity contribution in [2.24, 2.45) is 34.1 Å². The molecule has 1 saturated heterocycles. The Morgan fingerprint density at radius 2 is 1.89 bits per heavy atom. The summed E-state index contributed by atoms with van der Waals surface area (Å²) in [6.07, 6.45) is 6.53. The standard InChI is InChI=1S/C22H31N3O2/c1-12(2)24-19(20(26)25-16(10-23)5-17-13(3)18(17)25)21-6-14-4-15(7-21)9-22(27,8-14)11-21/h13-19,27H,4-9,11H2,1-3H3. The van der Waals surface area contributed by atoms with Crippen LogP contribution in [0.2, 0.25) is 0 Å². The Morgan fingerprint density at radius 3 is 2.44 bits per heavy atom. The molecule has 1 aliphatic heterocycles. The molecule has 0 aromatic heterocycles. The molecule has 0 aromatic carbocycles. The highest BCUT2D eigenvalue weighted by atomic mass is 16.3. The molecule has 5 heteroatoms. The Bertz CT molecular complexity index is 735. The van der Waals surface area contributed by atoms with Crippen molar-refractivity contribution in [3.05, 3.63) is 0 Å². The molecule has 6 fully saturated rings. The normalized spacial score (nSPS) is 50.1. The Labute approximate surface area is 161 Å². The Balaban J connectivity index is 1.52. The van der Waals surface area contributed by atoms with Gasteiger partial charge in [0.15, 0.2) is 0 Å². The molecule has 6 aliphatic rings. The van der Waals surface area contributed by atoms with E-state index in [1.807, 2.05) is 18.7 Å². The number of rotatable bonds is 3. The van der Waals surface area contributed by atoms with E-state index in [1.54, 1.807) is 0 Å². The first kappa shape index (κ1) is 17.7. The molecule has 5 aliphatic carbocycles. The molecule has 7 unspecified atom stereocenters. The third-order valence-corrected chi connectivity index (χ3v) is 8.34. The molecular weight excluding hydrogens is 338 g/mol. The second-order valence-corrected chi connectivity index (χ2v) is 10.7. The lowest BCUT2D eigenvalue weighted by atomic mass is 9.46. The van der Waals surface area contributed by atoms with Crippen LogP contribution in [0.5, 0.6) is 0 Å². The number of likely N-dealkylation sites (tertiary alicyclic amines) is 1. The molecule has 1 heterocycles. The first-order chi connectivity index (χ1) is 12.8. The van der Waals surface area contributed by atoms with Crippen LogP contribution in [0, 0.1) is 40.4 Å². The summed E-state index contributed by atoms with van der Waals surface area (Å²) in [6.45, 7) is 6.12. The Morgan fingerprint density at radius 1 is 1.22 bits per heavy atom. The van der Waals surface area contributed by atoms with E-state index in [1.165, 1.54) is 6.42 Å². The zero-order chi connectivity index (χ0) is 19.1. The predicted molar refractivity (Wildman–Crippen MR) is 102 cm³/mol. The predicted octanol–water partition coefficient (Wildman–Crippen LogP) is 2.93. The van der Waals surface area contributed by atoms with E-state index in [4.69, 9.17) is 4.99 Å². The number of nitrogens with zero attached hydrogens (tertiary/aromatic N) is 3. The average molecular weight is 370 g/mol. The number of carbonyl (C=O) groups is 1. The van der Waals surface area contributed by atoms with Gasteiger partial charge in [0.25, 0.3) is 0 Å². The molecule has 5 saturated carbocycles. The fourth-order valence-corrected chi connectivity index (χ4v) is 7.79. The van der Waals surface area contributed by atoms with Crippen molar-refractivity contribution in [3.63, 3.8) is 0 Å². The van der Waals surface area contributed by atoms with Gasteiger partial charge in [0.2, 0.25) is 5.91 Å². The molecule has 0 spiro atoms. The molecule has 1 N–H and O–H groups in total. The van der Waals surface area contributed by atoms with Gasteiger partial charge in [-0.05, 0) is 82.5 Å². The summed E-state index contributed by atoms with van der Waals surface area (Å²) in [6, 6.07) is 1.88. The highest BCUT2D eigenvalue weighted by molar-refractivity contribution is 5.89. The van der Waals surface area contributed by atoms with Crippen LogP contribution >= 0.6 is 0 Å². The molecule has 27 heavy (non-hydrogen) atoms. The van der Waals surface area contributed by atoms with Crippen LogP contribution in [0.25, 0.3) is 0 Å². The maximum absolute atomic E-state index is 13.8. The molecule has 4 bridgehead atoms. The fraction of sp³-hybridized carbons (Fsp3) is 0.864. The second kappa shape index (κ2) is 5.56. The number of nitriles is 1. The van der Waals surface area contributed by atoms with Crippen molar-refractivity contribution in [1.82, 2.24) is 4.90 Å². The number of carbonyl (C=O) groups excluding carboxylic acids is 1. The SMILES string of the molecule is CC(C)=NC(C(=O)N1C(C#N)CC2C(C)C21)C12CC3CC(CC(O)(C3)C1)C2. The molecule has 0 radical (unpaired) electrons. The molecule has 146 valence electrons. The van der Waals surface area contributed by atoms with Crippen molar-refractivity contribution < 1.29 is 9.90 Å². The minimum absolute atomic E-state index is 0.0603. The van der Waals surface area contributed by atoms with Crippen molar-refractivity contribution in [2.75, 3.05) is 0 Å². The van der Waals surface area contributed by atoms with Gasteiger partial charge in [0, 0.05) is 17.2 Å². The van der Waals surface area contributed by atoms with Gasteiger partial charge >= 0.3 is 0 Å². The van der Waals surface area contributed by atoms with Gasteiger partial charge in [0.05, 0.1) is 11.7 Å². The number of amides is 1. The van der Waals surface area contributed by atoms with Gasteiger partial charge in [-0.1, -0.05) is 6.92 Å². The number of piperidine rings is 1. The highest BCUT2D eigenvalue weighted by Crippen LogP contribution is 2.64. The minimum Gasteiger partial charge on any atom is -0.390 e. The number of aliphatic imine (C=N–C) groups is 1. The Hall–Kier alpha value is -1.41. The van der Waals surface area contributed by atoms with E-state index < -0.39 is 11.6 Å². The fourth-order valence-electron chi connectivity index (χ4n) is 7.79. The number of hydrogen-bond donors (Lipinski definition) is 1. The largest absolute Gasteiger partial charge is 0.390 e. The maximum Gasteiger partial charge on any atom is 0.249 e. The van der Waals surface area contributed by atoms with E-state index in [0.29, 0.717) is 30.1 Å². The summed E-state index contributed by atoms with van der Waals surface area (Å²) >= 11 is 0. The zero-order valence-corrected chi connectivity index (χ0v) is 16.7. The minimum atomic E-state index is -0.602. The van der Waals surface area contributed by atoms with Crippen molar-refractivity contribution >= 4 is 11.6 Å². The van der Waals surface area contributed by atoms with Crippen LogP contribution in [-0.4, -0.2) is 45.4 Å². The molecule has 5 nitrogen and oxygen atoms in total. The summed E-state index contributed by atoms with van der Waals surface area (Å²) in [7, 11) is 0. The van der Waals surface area contributed by atoms with Crippen LogP contribution in [0.15, 0.2) is 4.99 Å². The lowest BCUT2D eigenvalue weighted by Crippen LogP contribution is -2.62. The van der Waals surface area contributed by atoms with Crippen LogP contribution in [0.1, 0.15) is 65.7 Å². The average Bonchev–Trinajstić information content (AvgIpc) is 3.01. The van der Waals surface area contributed by atoms with E-state index >= 15 is 0 Å². The Kier molecular flexibility index (Phi) is 3.64. The molecule has 0 aromatic rings. The number of hydrogen-bond acceptors (Lipinski definition) is 4. The summed E-state index contributed by atoms with van der Waals surface area (Å²) in [5.74, 6) is 2.11. The van der Waals surface area contributed by atoms with Crippen LogP contribution in [0.3, 0.4) is 0 Å². The molecule has 1 amide bonds. The second-order valence-electron chi connectivity index (χ2n) is 10.7. The quantitative estimate of drug-likeness (QED) is 0.777. The third-order valence-electron chi connectivity index (χ3n) is 8.34. The van der Waals surface area contributed by atoms with Gasteiger partial charge in [0.1, 0.15) is 12.1 Å². The van der Waals surface area contributed by atoms with Crippen molar-refractivity contribution in [2.45, 2.75) is 89.4 Å². The first-order valence-corrected chi connectivity index (χ1v) is 10.7. The number of fused-ring (bicyclic) bond motifs is 1. The maximum atomic E-state index is 13.8. The highest BCUT2D eigenvalue weighted by Gasteiger charge is 2.65. The lowest BCUT2D eigenvalue weighted by molar-refractivity contribution is -0.177. The van der Waals surface area contributed by atoms with Crippen LogP contribution < -0.4 is 0 Å². The molecular formula is C22H31N3O2. The topological polar surface area (TPSA) is 76.7 Å². The summed E-state index contributed by atoms with van der Waals surface area (Å²) in [5.41, 5.74) is 0.0993. The summed E-state index contributed by atoms with van der Waals surface area (Å²) < 4.78 is 0. The van der Waals surface area contributed by atoms with E-state index in [-0.39, 0.29) is 23.4 Å². The van der Waals surface area contributed by atoms with Gasteiger partial charge in [-0.25, -0.2) is 0 Å². The smallest absolute Gasteiger partial charge is 0.249 e. The van der Waals surface area contributed by atoms with Crippen LogP contribution in [-0.2, 0) is 4.79 Å². The monoisotopic (exact) mass is 369 g/mol. The van der Waals surface area contributed by atoms with Crippen molar-refractivity contribution in [1.29, 1.82) is 5.26 Å². The summed E-state index contributed by atoms with van der Waals surface area (Å²) in [5, 5.41) is 20.8. The molecule has 7 atom stereocenters. The van der Waals surface area contributed by atoms with Gasteiger partial charge in [-0.3, -0.25) is 9.79 Å².